The van der Waals surface area contributed by atoms with Crippen molar-refractivity contribution in [1.29, 1.82) is 0 Å². The van der Waals surface area contributed by atoms with E-state index >= 15 is 0 Å². The van der Waals surface area contributed by atoms with Crippen molar-refractivity contribution in [3.8, 4) is 0 Å². The molecule has 21 saturated carbocycles. The van der Waals surface area contributed by atoms with Crippen molar-refractivity contribution >= 4 is 0 Å². The zero-order chi connectivity index (χ0) is 90.5. The van der Waals surface area contributed by atoms with Crippen molar-refractivity contribution in [3.05, 3.63) is 24.3 Å². The molecule has 0 saturated heterocycles. The molecule has 24 aliphatic carbocycles. The SMILES string of the molecule is C1CCC2CC3CCCCC3CC2C1.C1CCC2CCCCC2C1.C1CCCCC1.CC.CC.CC.CC.CC.CC.CC12CC3CC(C1)CC(C)(C3)C2.CC12CCC(C)(CC1)CC2.CC1C(C)C(C)C2C3CC(C(C)C3C)C2C1C.CC1C2C=CC(C)(C1C)C2(C)C.CC1C2C=CC(CC2)C1C.CC1CC1C.CC1CCC1C.CC1CCCC1C. The van der Waals surface area contributed by atoms with Gasteiger partial charge in [-0.3, -0.25) is 0 Å². The van der Waals surface area contributed by atoms with Crippen LogP contribution in [0.5, 0.6) is 0 Å². The molecule has 12 bridgehead atoms. The lowest BCUT2D eigenvalue weighted by molar-refractivity contribution is -0.0920. The van der Waals surface area contributed by atoms with Gasteiger partial charge in [-0.25, -0.2) is 0 Å². The van der Waals surface area contributed by atoms with Crippen molar-refractivity contribution < 1.29 is 0 Å². The summed E-state index contributed by atoms with van der Waals surface area (Å²) in [4.78, 5) is 0. The van der Waals surface area contributed by atoms with Crippen LogP contribution in [0.2, 0.25) is 0 Å². The maximum atomic E-state index is 2.56. The monoisotopic (exact) mass is 1680 g/mol. The fourth-order valence-corrected chi connectivity index (χ4v) is 31.3. The minimum atomic E-state index is 0.455. The van der Waals surface area contributed by atoms with E-state index in [4.69, 9.17) is 0 Å². The van der Waals surface area contributed by atoms with Crippen molar-refractivity contribution in [1.82, 2.24) is 0 Å². The van der Waals surface area contributed by atoms with Gasteiger partial charge in [-0.2, -0.15) is 0 Å². The Hall–Kier alpha value is -0.520. The molecule has 121 heavy (non-hydrogen) atoms. The second-order valence-electron chi connectivity index (χ2n) is 49.0. The molecule has 24 rings (SSSR count). The van der Waals surface area contributed by atoms with Crippen LogP contribution in [0.1, 0.15) is 531 Å². The van der Waals surface area contributed by atoms with Crippen LogP contribution in [0.4, 0.5) is 0 Å². The first-order valence-electron chi connectivity index (χ1n) is 57.0. The van der Waals surface area contributed by atoms with E-state index < -0.39 is 0 Å². The molecule has 28 atom stereocenters. The average Bonchev–Trinajstić information content (AvgIpc) is 1.57. The zero-order valence-corrected chi connectivity index (χ0v) is 90.0. The van der Waals surface area contributed by atoms with Crippen LogP contribution in [0.3, 0.4) is 0 Å². The van der Waals surface area contributed by atoms with Crippen LogP contribution < -0.4 is 0 Å². The Morgan fingerprint density at radius 3 is 0.727 bits per heavy atom. The third-order valence-electron chi connectivity index (χ3n) is 41.5. The number of hydrogen-bond donors (Lipinski definition) is 0. The first kappa shape index (κ1) is 111. The second kappa shape index (κ2) is 53.2. The molecule has 0 aliphatic heterocycles. The van der Waals surface area contributed by atoms with E-state index in [2.05, 4.69) is 184 Å². The third kappa shape index (κ3) is 30.0. The Balaban J connectivity index is 0.000000237. The molecular formula is C121H230. The number of hydrogen-bond acceptors (Lipinski definition) is 0. The van der Waals surface area contributed by atoms with Crippen molar-refractivity contribution in [2.24, 2.45) is 216 Å². The third-order valence-corrected chi connectivity index (χ3v) is 41.5. The molecular weight excluding hydrogens is 1450 g/mol. The van der Waals surface area contributed by atoms with Gasteiger partial charge in [-0.15, -0.1) is 0 Å². The Bertz CT molecular complexity index is 2520. The molecule has 0 radical (unpaired) electrons. The number of rotatable bonds is 0. The average molecular weight is 1690 g/mol. The summed E-state index contributed by atoms with van der Waals surface area (Å²) in [5.41, 5.74) is 4.00. The lowest BCUT2D eigenvalue weighted by Gasteiger charge is -2.60. The van der Waals surface area contributed by atoms with Crippen LogP contribution >= 0.6 is 0 Å². The number of allylic oxidation sites excluding steroid dienone is 4. The van der Waals surface area contributed by atoms with Gasteiger partial charge in [0.1, 0.15) is 0 Å². The van der Waals surface area contributed by atoms with Gasteiger partial charge in [-0.1, -0.05) is 440 Å². The highest BCUT2D eigenvalue weighted by Crippen LogP contribution is 2.69. The van der Waals surface area contributed by atoms with Crippen molar-refractivity contribution in [2.75, 3.05) is 0 Å². The maximum absolute atomic E-state index is 2.56. The van der Waals surface area contributed by atoms with Gasteiger partial charge in [-0.05, 0) is 332 Å². The van der Waals surface area contributed by atoms with Gasteiger partial charge in [0.15, 0.2) is 0 Å². The summed E-state index contributed by atoms with van der Waals surface area (Å²) in [5.74, 6) is 31.7. The Labute approximate surface area is 766 Å². The van der Waals surface area contributed by atoms with Gasteiger partial charge in [0.05, 0.1) is 0 Å². The van der Waals surface area contributed by atoms with Gasteiger partial charge in [0, 0.05) is 0 Å². The highest BCUT2D eigenvalue weighted by molar-refractivity contribution is 5.26. The standard InChI is InChI=1S/C17H30.C14H24.2C12H20.C10H18.C10H16.C10H18.C7H14.2C6H12.C5H10.6C2H6/c1-8-9(2)13(6)17-15-7-14(10(3)11(15)4)16(17)12(8)5;1-2-6-12-10-14-8-4-3-7-13(14)9-11(12)5-1;1-11-4-9-3-10(5-11)7-12(2,6-9)8-11;1-8-9(2)12(5)7-6-10(8)11(12,3)4;1-9-3-6-10(2,7-4-9)8-5-9;1-7-8(2)10-5-3-9(7)4-6-10;1-2-6-10-8-4-3-7-9(10)5-1;1-6-4-3-5-7(6)2;1-5-3-4-6(5)2;1-2-4-6-5-3-1;1-4-3-5(4)2;6*1-2/h8-17H,7H2,1-6H3;11-14H,1-10H2;9-10H,3-8H2,1-2H3;6-10H,1-5H3;3-8H2,1-2H3;3,5,7-10H,4,6H2,1-2H3;9-10H,1-8H2;6-7H,3-5H2,1-2H3;5-6H,3-4H2,1-2H3;1-6H2;4-5H,3H2,1-2H3;6*1-2H3. The molecule has 0 heterocycles. The van der Waals surface area contributed by atoms with E-state index in [-0.39, 0.29) is 0 Å². The first-order chi connectivity index (χ1) is 57.7. The lowest BCUT2D eigenvalue weighted by Crippen LogP contribution is -2.49. The maximum Gasteiger partial charge on any atom is -0.00612 e. The van der Waals surface area contributed by atoms with Crippen LogP contribution in [0.25, 0.3) is 0 Å². The van der Waals surface area contributed by atoms with Crippen LogP contribution in [-0.4, -0.2) is 0 Å². The molecule has 0 aromatic heterocycles. The molecule has 21 fully saturated rings. The Kier molecular flexibility index (Phi) is 48.8. The van der Waals surface area contributed by atoms with E-state index in [1.54, 1.807) is 128 Å². The molecule has 0 nitrogen and oxygen atoms in total. The van der Waals surface area contributed by atoms with Gasteiger partial charge in [0.25, 0.3) is 0 Å². The summed E-state index contributed by atoms with van der Waals surface area (Å²) in [6.45, 7) is 80.1. The predicted molar refractivity (Wildman–Crippen MR) is 547 cm³/mol. The summed E-state index contributed by atoms with van der Waals surface area (Å²) in [5, 5.41) is 0. The highest BCUT2D eigenvalue weighted by atomic mass is 14.7. The molecule has 0 heteroatoms. The molecule has 0 aromatic rings. The summed E-state index contributed by atoms with van der Waals surface area (Å²) < 4.78 is 0. The summed E-state index contributed by atoms with van der Waals surface area (Å²) in [6.07, 6.45) is 78.5. The smallest absolute Gasteiger partial charge is 0.00612 e. The van der Waals surface area contributed by atoms with Crippen molar-refractivity contribution in [3.63, 3.8) is 0 Å². The van der Waals surface area contributed by atoms with Crippen LogP contribution in [0.15, 0.2) is 24.3 Å². The molecule has 0 spiro atoms. The molecule has 0 aromatic carbocycles. The van der Waals surface area contributed by atoms with Gasteiger partial charge >= 0.3 is 0 Å². The van der Waals surface area contributed by atoms with E-state index in [1.807, 2.05) is 83.1 Å². The number of fused-ring (bicyclic) bond motifs is 15. The van der Waals surface area contributed by atoms with Gasteiger partial charge < -0.3 is 0 Å². The highest BCUT2D eigenvalue weighted by Gasteiger charge is 2.62. The largest absolute Gasteiger partial charge is 0.0849 e. The Morgan fingerprint density at radius 2 is 0.521 bits per heavy atom. The summed E-state index contributed by atoms with van der Waals surface area (Å²) in [6, 6.07) is 0. The fraction of sp³-hybridized carbons (Fsp3) is 0.967. The quantitative estimate of drug-likeness (QED) is 0.212. The minimum Gasteiger partial charge on any atom is -0.0849 e. The van der Waals surface area contributed by atoms with Crippen molar-refractivity contribution in [2.45, 2.75) is 531 Å². The second-order valence-corrected chi connectivity index (χ2v) is 49.0. The van der Waals surface area contributed by atoms with E-state index in [0.717, 1.165) is 205 Å². The predicted octanol–water partition coefficient (Wildman–Crippen LogP) is 40.4. The van der Waals surface area contributed by atoms with E-state index in [0.29, 0.717) is 10.8 Å². The molecule has 0 amide bonds. The van der Waals surface area contributed by atoms with Crippen LogP contribution in [0, 0.1) is 216 Å². The van der Waals surface area contributed by atoms with Gasteiger partial charge in [0.2, 0.25) is 0 Å². The lowest BCUT2D eigenvalue weighted by atomic mass is 9.45. The zero-order valence-electron chi connectivity index (χ0n) is 90.0. The topological polar surface area (TPSA) is 0 Å². The summed E-state index contributed by atoms with van der Waals surface area (Å²) in [7, 11) is 0. The Morgan fingerprint density at radius 1 is 0.231 bits per heavy atom. The first-order valence-corrected chi connectivity index (χ1v) is 57.0. The fourth-order valence-electron chi connectivity index (χ4n) is 31.3. The van der Waals surface area contributed by atoms with Crippen LogP contribution in [-0.2, 0) is 0 Å². The molecule has 28 unspecified atom stereocenters. The molecule has 24 aliphatic rings. The molecule has 714 valence electrons. The van der Waals surface area contributed by atoms with E-state index in [9.17, 15) is 0 Å². The normalized spacial score (nSPS) is 46.7. The minimum absolute atomic E-state index is 0.455. The summed E-state index contributed by atoms with van der Waals surface area (Å²) >= 11 is 0. The van der Waals surface area contributed by atoms with E-state index in [1.165, 1.54) is 161 Å². The molecule has 0 N–H and O–H groups in total.